The Hall–Kier alpha value is -2.01. The number of carbonyl (C=O) groups excluding carboxylic acids is 1. The molecule has 0 heterocycles. The molecule has 1 amide bonds. The van der Waals surface area contributed by atoms with Crippen LogP contribution < -0.4 is 5.32 Å². The van der Waals surface area contributed by atoms with Gasteiger partial charge in [-0.15, -0.1) is 0 Å². The van der Waals surface area contributed by atoms with E-state index in [9.17, 15) is 26.2 Å². The average molecular weight is 345 g/mol. The second-order valence-electron chi connectivity index (χ2n) is 4.49. The smallest absolute Gasteiger partial charge is 0.295 e. The van der Waals surface area contributed by atoms with Gasteiger partial charge in [0.1, 0.15) is 4.90 Å². The number of hydrogen-bond acceptors (Lipinski definition) is 5. The zero-order chi connectivity index (χ0) is 16.7. The first kappa shape index (κ1) is 16.4. The summed E-state index contributed by atoms with van der Waals surface area (Å²) >= 11 is 0. The molecule has 0 aliphatic heterocycles. The van der Waals surface area contributed by atoms with Gasteiger partial charge in [-0.1, -0.05) is 6.07 Å². The summed E-state index contributed by atoms with van der Waals surface area (Å²) in [5.41, 5.74) is 0.300. The summed E-state index contributed by atoms with van der Waals surface area (Å²) in [5.74, 6) is -0.375. The third-order valence-corrected chi connectivity index (χ3v) is 4.51. The first-order chi connectivity index (χ1) is 9.98. The summed E-state index contributed by atoms with van der Waals surface area (Å²) in [7, 11) is -9.39. The molecule has 2 rings (SSSR count). The minimum Gasteiger partial charge on any atom is -0.326 e. The lowest BCUT2D eigenvalue weighted by Gasteiger charge is -2.09. The maximum absolute atomic E-state index is 11.4. The van der Waals surface area contributed by atoms with Crippen LogP contribution in [-0.4, -0.2) is 31.8 Å². The third kappa shape index (κ3) is 3.42. The van der Waals surface area contributed by atoms with E-state index < -0.39 is 30.0 Å². The van der Waals surface area contributed by atoms with Crippen molar-refractivity contribution in [2.24, 2.45) is 0 Å². The van der Waals surface area contributed by atoms with Gasteiger partial charge in [0.2, 0.25) is 5.91 Å². The summed E-state index contributed by atoms with van der Waals surface area (Å²) in [6.45, 7) is 1.27. The fourth-order valence-electron chi connectivity index (χ4n) is 1.95. The third-order valence-electron chi connectivity index (χ3n) is 2.78. The van der Waals surface area contributed by atoms with Crippen molar-refractivity contribution in [3.05, 3.63) is 30.3 Å². The normalized spacial score (nSPS) is 12.3. The molecule has 3 N–H and O–H groups in total. The van der Waals surface area contributed by atoms with E-state index in [1.54, 1.807) is 0 Å². The number of carbonyl (C=O) groups is 1. The predicted molar refractivity (Wildman–Crippen MR) is 77.9 cm³/mol. The van der Waals surface area contributed by atoms with Crippen LogP contribution in [0.1, 0.15) is 6.92 Å². The molecule has 0 atom stereocenters. The van der Waals surface area contributed by atoms with E-state index in [0.717, 1.165) is 6.07 Å². The first-order valence-electron chi connectivity index (χ1n) is 5.79. The Labute approximate surface area is 126 Å². The van der Waals surface area contributed by atoms with Crippen molar-refractivity contribution in [2.75, 3.05) is 5.32 Å². The monoisotopic (exact) mass is 345 g/mol. The Morgan fingerprint density at radius 3 is 2.14 bits per heavy atom. The Morgan fingerprint density at radius 1 is 1.00 bits per heavy atom. The van der Waals surface area contributed by atoms with Crippen LogP contribution in [0.5, 0.6) is 0 Å². The van der Waals surface area contributed by atoms with E-state index in [0.29, 0.717) is 11.8 Å². The van der Waals surface area contributed by atoms with Crippen LogP contribution in [0.4, 0.5) is 5.69 Å². The Bertz CT molecular complexity index is 978. The van der Waals surface area contributed by atoms with Crippen molar-refractivity contribution in [1.82, 2.24) is 0 Å². The number of nitrogens with one attached hydrogen (secondary N) is 1. The first-order valence-corrected chi connectivity index (χ1v) is 8.67. The molecule has 0 aromatic heterocycles. The molecule has 0 saturated carbocycles. The standard InChI is InChI=1S/C12H11NO7S2/c1-7(14)13-9-2-3-11-8(4-9)5-10(21(15,16)17)6-12(11)22(18,19)20/h2-6H,1H3,(H,13,14)(H,15,16,17)(H,18,19,20). The number of rotatable bonds is 3. The van der Waals surface area contributed by atoms with E-state index >= 15 is 0 Å². The molecule has 0 saturated heterocycles. The summed E-state index contributed by atoms with van der Waals surface area (Å²) in [6, 6.07) is 5.71. The van der Waals surface area contributed by atoms with Crippen LogP contribution in [-0.2, 0) is 25.0 Å². The summed E-state index contributed by atoms with van der Waals surface area (Å²) < 4.78 is 63.5. The quantitative estimate of drug-likeness (QED) is 0.713. The van der Waals surface area contributed by atoms with Gasteiger partial charge >= 0.3 is 0 Å². The minimum atomic E-state index is -4.71. The van der Waals surface area contributed by atoms with E-state index in [2.05, 4.69) is 5.32 Å². The zero-order valence-corrected chi connectivity index (χ0v) is 12.8. The van der Waals surface area contributed by atoms with Crippen LogP contribution in [0.2, 0.25) is 0 Å². The molecular weight excluding hydrogens is 334 g/mol. The fourth-order valence-corrected chi connectivity index (χ4v) is 3.31. The molecule has 0 spiro atoms. The Kier molecular flexibility index (Phi) is 3.96. The maximum Gasteiger partial charge on any atom is 0.295 e. The van der Waals surface area contributed by atoms with Gasteiger partial charge < -0.3 is 5.32 Å². The highest BCUT2D eigenvalue weighted by Crippen LogP contribution is 2.29. The molecule has 0 aliphatic rings. The van der Waals surface area contributed by atoms with Crippen molar-refractivity contribution in [2.45, 2.75) is 16.7 Å². The molecule has 2 aromatic carbocycles. The van der Waals surface area contributed by atoms with E-state index in [1.807, 2.05) is 0 Å². The fraction of sp³-hybridized carbons (Fsp3) is 0.0833. The molecule has 0 bridgehead atoms. The lowest BCUT2D eigenvalue weighted by Crippen LogP contribution is -2.07. The van der Waals surface area contributed by atoms with Crippen molar-refractivity contribution in [1.29, 1.82) is 0 Å². The number of fused-ring (bicyclic) bond motifs is 1. The Morgan fingerprint density at radius 2 is 1.64 bits per heavy atom. The van der Waals surface area contributed by atoms with Gasteiger partial charge in [0, 0.05) is 18.0 Å². The van der Waals surface area contributed by atoms with Crippen LogP contribution >= 0.6 is 0 Å². The molecular formula is C12H11NO7S2. The van der Waals surface area contributed by atoms with Crippen LogP contribution in [0, 0.1) is 0 Å². The number of hydrogen-bond donors (Lipinski definition) is 3. The molecule has 8 nitrogen and oxygen atoms in total. The molecule has 10 heteroatoms. The lowest BCUT2D eigenvalue weighted by molar-refractivity contribution is -0.114. The van der Waals surface area contributed by atoms with E-state index in [-0.39, 0.29) is 16.7 Å². The Balaban J connectivity index is 2.86. The van der Waals surface area contributed by atoms with Gasteiger partial charge in [-0.05, 0) is 29.7 Å². The topological polar surface area (TPSA) is 138 Å². The summed E-state index contributed by atoms with van der Waals surface area (Å²) in [5, 5.41) is 2.60. The summed E-state index contributed by atoms with van der Waals surface area (Å²) in [6.07, 6.45) is 0. The number of benzene rings is 2. The highest BCUT2D eigenvalue weighted by atomic mass is 32.2. The molecule has 0 unspecified atom stereocenters. The molecule has 0 fully saturated rings. The van der Waals surface area contributed by atoms with Gasteiger partial charge in [-0.25, -0.2) is 0 Å². The van der Waals surface area contributed by atoms with Crippen molar-refractivity contribution >= 4 is 42.6 Å². The van der Waals surface area contributed by atoms with Crippen molar-refractivity contribution in [3.63, 3.8) is 0 Å². The highest BCUT2D eigenvalue weighted by Gasteiger charge is 2.20. The van der Waals surface area contributed by atoms with Gasteiger partial charge in [0.25, 0.3) is 20.2 Å². The van der Waals surface area contributed by atoms with Crippen LogP contribution in [0.25, 0.3) is 10.8 Å². The maximum atomic E-state index is 11.4. The van der Waals surface area contributed by atoms with Gasteiger partial charge in [-0.2, -0.15) is 16.8 Å². The van der Waals surface area contributed by atoms with E-state index in [1.165, 1.54) is 25.1 Å². The van der Waals surface area contributed by atoms with Crippen molar-refractivity contribution < 1.29 is 30.7 Å². The van der Waals surface area contributed by atoms with Crippen molar-refractivity contribution in [3.8, 4) is 0 Å². The number of anilines is 1. The predicted octanol–water partition coefficient (Wildman–Crippen LogP) is 1.29. The average Bonchev–Trinajstić information content (AvgIpc) is 2.34. The second kappa shape index (κ2) is 5.32. The second-order valence-corrected chi connectivity index (χ2v) is 7.30. The molecule has 22 heavy (non-hydrogen) atoms. The number of amides is 1. The van der Waals surface area contributed by atoms with Gasteiger partial charge in [0.05, 0.1) is 4.90 Å². The molecule has 0 aliphatic carbocycles. The van der Waals surface area contributed by atoms with Gasteiger partial charge in [-0.3, -0.25) is 13.9 Å². The van der Waals surface area contributed by atoms with Crippen LogP contribution in [0.3, 0.4) is 0 Å². The van der Waals surface area contributed by atoms with E-state index in [4.69, 9.17) is 4.55 Å². The lowest BCUT2D eigenvalue weighted by atomic mass is 10.1. The van der Waals surface area contributed by atoms with Gasteiger partial charge in [0.15, 0.2) is 0 Å². The molecule has 118 valence electrons. The van der Waals surface area contributed by atoms with Crippen LogP contribution in [0.15, 0.2) is 40.1 Å². The summed E-state index contributed by atoms with van der Waals surface area (Å²) in [4.78, 5) is 9.67. The molecule has 0 radical (unpaired) electrons. The SMILES string of the molecule is CC(=O)Nc1ccc2c(S(=O)(=O)O)cc(S(=O)(=O)O)cc2c1. The highest BCUT2D eigenvalue weighted by molar-refractivity contribution is 7.86. The largest absolute Gasteiger partial charge is 0.326 e. The molecule has 2 aromatic rings. The zero-order valence-electron chi connectivity index (χ0n) is 11.1. The minimum absolute atomic E-state index is 0.0454.